The fourth-order valence-electron chi connectivity index (χ4n) is 4.02. The number of carbonyl (C=O) groups excluding carboxylic acids is 1. The average molecular weight is 528 g/mol. The second-order valence-corrected chi connectivity index (χ2v) is 12.2. The molecule has 9 nitrogen and oxygen atoms in total. The summed E-state index contributed by atoms with van der Waals surface area (Å²) in [5.41, 5.74) is 0. The molecular weight excluding hydrogens is 502 g/mol. The Hall–Kier alpha value is -2.18. The summed E-state index contributed by atoms with van der Waals surface area (Å²) in [6.45, 7) is 2.96. The number of halogens is 1. The predicted octanol–water partition coefficient (Wildman–Crippen LogP) is 2.37. The number of nitrogens with one attached hydrogen (secondary N) is 1. The smallest absolute Gasteiger partial charge is 0.320 e. The van der Waals surface area contributed by atoms with E-state index in [0.717, 1.165) is 6.07 Å². The third-order valence-electron chi connectivity index (χ3n) is 5.92. The second-order valence-electron chi connectivity index (χ2n) is 8.17. The van der Waals surface area contributed by atoms with Crippen molar-refractivity contribution in [2.24, 2.45) is 0 Å². The number of likely N-dealkylation sites (tertiary alicyclic amines) is 1. The van der Waals surface area contributed by atoms with Crippen LogP contribution in [0.1, 0.15) is 12.8 Å². The molecule has 0 radical (unpaired) electrons. The van der Waals surface area contributed by atoms with E-state index in [1.165, 1.54) is 24.3 Å². The lowest BCUT2D eigenvalue weighted by atomic mass is 10.1. The van der Waals surface area contributed by atoms with Crippen LogP contribution in [0.15, 0.2) is 63.2 Å². The Bertz CT molecular complexity index is 1240. The molecule has 2 aliphatic rings. The first-order chi connectivity index (χ1) is 16.2. The van der Waals surface area contributed by atoms with Crippen LogP contribution in [0.2, 0.25) is 5.02 Å². The summed E-state index contributed by atoms with van der Waals surface area (Å²) in [6.07, 6.45) is 0.879. The van der Waals surface area contributed by atoms with Crippen molar-refractivity contribution in [2.45, 2.75) is 33.6 Å². The molecule has 0 aliphatic carbocycles. The van der Waals surface area contributed by atoms with Gasteiger partial charge in [-0.3, -0.25) is 0 Å². The molecule has 0 spiro atoms. The molecule has 4 rings (SSSR count). The van der Waals surface area contributed by atoms with Crippen LogP contribution in [0.3, 0.4) is 0 Å². The summed E-state index contributed by atoms with van der Waals surface area (Å²) in [4.78, 5) is 15.7. The number of hydrogen-bond donors (Lipinski definition) is 1. The van der Waals surface area contributed by atoms with Gasteiger partial charge in [0.25, 0.3) is 0 Å². The summed E-state index contributed by atoms with van der Waals surface area (Å²) in [6, 6.07) is 11.0. The number of carbonyl (C=O) groups is 1. The van der Waals surface area contributed by atoms with Crippen molar-refractivity contribution in [3.8, 4) is 0 Å². The fourth-order valence-corrected chi connectivity index (χ4v) is 7.23. The first-order valence-corrected chi connectivity index (χ1v) is 14.3. The number of piperidine rings is 1. The minimum Gasteiger partial charge on any atom is -0.378 e. The second kappa shape index (κ2) is 10.2. The van der Waals surface area contributed by atoms with E-state index in [9.17, 15) is 21.6 Å². The summed E-state index contributed by atoms with van der Waals surface area (Å²) < 4.78 is 60.0. The van der Waals surface area contributed by atoms with Crippen molar-refractivity contribution < 1.29 is 26.4 Å². The highest BCUT2D eigenvalue weighted by atomic mass is 35.5. The molecule has 12 heteroatoms. The number of nitrogens with zero attached hydrogens (tertiary/aromatic N) is 2. The molecule has 184 valence electrons. The van der Waals surface area contributed by atoms with E-state index >= 15 is 0 Å². The van der Waals surface area contributed by atoms with Gasteiger partial charge in [0.1, 0.15) is 4.90 Å². The van der Waals surface area contributed by atoms with Gasteiger partial charge in [-0.2, -0.15) is 0 Å². The normalized spacial score (nSPS) is 18.1. The van der Waals surface area contributed by atoms with Gasteiger partial charge in [-0.15, -0.1) is 0 Å². The quantitative estimate of drug-likeness (QED) is 0.638. The van der Waals surface area contributed by atoms with Crippen LogP contribution in [-0.2, 0) is 24.6 Å². The molecule has 0 bridgehead atoms. The molecule has 0 atom stereocenters. The number of sulfonamides is 1. The molecule has 2 heterocycles. The third-order valence-corrected chi connectivity index (χ3v) is 9.69. The van der Waals surface area contributed by atoms with Crippen LogP contribution in [0.4, 0.5) is 4.79 Å². The maximum atomic E-state index is 13.1. The molecule has 0 unspecified atom stereocenters. The minimum absolute atomic E-state index is 0.0611. The summed E-state index contributed by atoms with van der Waals surface area (Å²) in [7, 11) is -8.00. The monoisotopic (exact) mass is 527 g/mol. The fraction of sp³-hybridized carbons (Fsp3) is 0.409. The standard InChI is InChI=1S/C22H26ClN3O6S2/c23-20-7-6-19(33(28,29)18-4-2-1-3-5-18)16-21(20)34(30,31)24-17-8-10-25(11-9-17)22(27)26-12-14-32-15-13-26/h1-7,16-17,24H,8-15H2. The summed E-state index contributed by atoms with van der Waals surface area (Å²) in [5.74, 6) is 0. The van der Waals surface area contributed by atoms with Crippen molar-refractivity contribution in [1.29, 1.82) is 0 Å². The first-order valence-electron chi connectivity index (χ1n) is 10.9. The van der Waals surface area contributed by atoms with E-state index in [2.05, 4.69) is 4.72 Å². The molecule has 2 aliphatic heterocycles. The van der Waals surface area contributed by atoms with Crippen LogP contribution >= 0.6 is 11.6 Å². The van der Waals surface area contributed by atoms with Crippen molar-refractivity contribution in [3.63, 3.8) is 0 Å². The molecule has 0 aromatic heterocycles. The van der Waals surface area contributed by atoms with Gasteiger partial charge in [-0.1, -0.05) is 29.8 Å². The summed E-state index contributed by atoms with van der Waals surface area (Å²) in [5, 5.41) is -0.0700. The Labute approximate surface area is 204 Å². The van der Waals surface area contributed by atoms with E-state index in [0.29, 0.717) is 52.2 Å². The molecular formula is C22H26ClN3O6S2. The molecule has 2 saturated heterocycles. The Morgan fingerprint density at radius 3 is 2.15 bits per heavy atom. The Morgan fingerprint density at radius 1 is 0.882 bits per heavy atom. The zero-order valence-electron chi connectivity index (χ0n) is 18.4. The molecule has 2 fully saturated rings. The molecule has 2 aromatic rings. The molecule has 34 heavy (non-hydrogen) atoms. The molecule has 2 aromatic carbocycles. The lowest BCUT2D eigenvalue weighted by Gasteiger charge is -2.37. The minimum atomic E-state index is -4.09. The van der Waals surface area contributed by atoms with E-state index in [4.69, 9.17) is 16.3 Å². The predicted molar refractivity (Wildman–Crippen MR) is 126 cm³/mol. The number of morpholine rings is 1. The van der Waals surface area contributed by atoms with Gasteiger partial charge in [0.05, 0.1) is 28.0 Å². The third kappa shape index (κ3) is 5.38. The van der Waals surface area contributed by atoms with Crippen LogP contribution in [0.25, 0.3) is 0 Å². The van der Waals surface area contributed by atoms with Gasteiger partial charge in [-0.25, -0.2) is 26.4 Å². The number of rotatable bonds is 5. The number of benzene rings is 2. The van der Waals surface area contributed by atoms with Gasteiger partial charge < -0.3 is 14.5 Å². The highest BCUT2D eigenvalue weighted by Crippen LogP contribution is 2.29. The highest BCUT2D eigenvalue weighted by Gasteiger charge is 2.31. The molecule has 0 saturated carbocycles. The number of sulfone groups is 1. The van der Waals surface area contributed by atoms with Gasteiger partial charge in [0.15, 0.2) is 0 Å². The average Bonchev–Trinajstić information content (AvgIpc) is 2.85. The highest BCUT2D eigenvalue weighted by molar-refractivity contribution is 7.91. The van der Waals surface area contributed by atoms with Crippen molar-refractivity contribution >= 4 is 37.5 Å². The van der Waals surface area contributed by atoms with E-state index in [1.807, 2.05) is 0 Å². The van der Waals surface area contributed by atoms with Gasteiger partial charge in [-0.05, 0) is 43.2 Å². The van der Waals surface area contributed by atoms with Crippen LogP contribution < -0.4 is 4.72 Å². The van der Waals surface area contributed by atoms with Crippen molar-refractivity contribution in [3.05, 3.63) is 53.6 Å². The van der Waals surface area contributed by atoms with Crippen molar-refractivity contribution in [1.82, 2.24) is 14.5 Å². The number of amides is 2. The SMILES string of the molecule is O=C(N1CCOCC1)N1CCC(NS(=O)(=O)c2cc(S(=O)(=O)c3ccccc3)ccc2Cl)CC1. The van der Waals surface area contributed by atoms with Crippen molar-refractivity contribution in [2.75, 3.05) is 39.4 Å². The topological polar surface area (TPSA) is 113 Å². The molecule has 1 N–H and O–H groups in total. The Balaban J connectivity index is 1.46. The number of hydrogen-bond acceptors (Lipinski definition) is 6. The molecule has 2 amide bonds. The number of ether oxygens (including phenoxy) is 1. The Kier molecular flexibility index (Phi) is 7.48. The maximum absolute atomic E-state index is 13.1. The van der Waals surface area contributed by atoms with E-state index in [1.54, 1.807) is 28.0 Å². The lowest BCUT2D eigenvalue weighted by molar-refractivity contribution is 0.0410. The van der Waals surface area contributed by atoms with Gasteiger partial charge in [0, 0.05) is 32.2 Å². The van der Waals surface area contributed by atoms with E-state index in [-0.39, 0.29) is 25.7 Å². The summed E-state index contributed by atoms with van der Waals surface area (Å²) >= 11 is 6.16. The Morgan fingerprint density at radius 2 is 1.50 bits per heavy atom. The van der Waals surface area contributed by atoms with Gasteiger partial charge in [0.2, 0.25) is 19.9 Å². The number of urea groups is 1. The van der Waals surface area contributed by atoms with Crippen LogP contribution in [0, 0.1) is 0 Å². The maximum Gasteiger partial charge on any atom is 0.320 e. The van der Waals surface area contributed by atoms with Gasteiger partial charge >= 0.3 is 6.03 Å². The largest absolute Gasteiger partial charge is 0.378 e. The van der Waals surface area contributed by atoms with Crippen LogP contribution in [0.5, 0.6) is 0 Å². The lowest BCUT2D eigenvalue weighted by Crippen LogP contribution is -2.52. The zero-order chi connectivity index (χ0) is 24.3. The van der Waals surface area contributed by atoms with E-state index < -0.39 is 25.9 Å². The first kappa shape index (κ1) is 24.9. The zero-order valence-corrected chi connectivity index (χ0v) is 20.8. The van der Waals surface area contributed by atoms with Crippen LogP contribution in [-0.4, -0.2) is 78.1 Å².